The van der Waals surface area contributed by atoms with Gasteiger partial charge in [0.1, 0.15) is 5.58 Å². The molecular weight excluding hydrogens is 374 g/mol. The van der Waals surface area contributed by atoms with Gasteiger partial charge in [0, 0.05) is 16.6 Å². The van der Waals surface area contributed by atoms with Crippen LogP contribution in [0.3, 0.4) is 0 Å². The second-order valence-electron chi connectivity index (χ2n) is 6.70. The van der Waals surface area contributed by atoms with E-state index < -0.39 is 11.9 Å². The summed E-state index contributed by atoms with van der Waals surface area (Å²) in [6, 6.07) is 8.16. The number of fused-ring (bicyclic) bond motifs is 1. The van der Waals surface area contributed by atoms with E-state index in [-0.39, 0.29) is 29.1 Å². The summed E-state index contributed by atoms with van der Waals surface area (Å²) in [5.41, 5.74) is 4.23. The van der Waals surface area contributed by atoms with Crippen LogP contribution in [-0.4, -0.2) is 32.1 Å². The molecule has 1 N–H and O–H groups in total. The highest BCUT2D eigenvalue weighted by atomic mass is 16.5. The summed E-state index contributed by atoms with van der Waals surface area (Å²) in [5, 5.41) is 3.59. The van der Waals surface area contributed by atoms with Gasteiger partial charge < -0.3 is 19.2 Å². The number of carbonyl (C=O) groups is 3. The molecular formula is C22H21NO6. The van der Waals surface area contributed by atoms with Crippen LogP contribution in [0.15, 0.2) is 41.0 Å². The zero-order valence-corrected chi connectivity index (χ0v) is 16.6. The van der Waals surface area contributed by atoms with Crippen LogP contribution in [-0.2, 0) is 20.7 Å². The van der Waals surface area contributed by atoms with E-state index in [4.69, 9.17) is 13.9 Å². The zero-order valence-electron chi connectivity index (χ0n) is 16.6. The van der Waals surface area contributed by atoms with Crippen molar-refractivity contribution in [2.75, 3.05) is 19.5 Å². The lowest BCUT2D eigenvalue weighted by Crippen LogP contribution is -2.16. The number of ether oxygens (including phenoxy) is 2. The summed E-state index contributed by atoms with van der Waals surface area (Å²) < 4.78 is 15.0. The van der Waals surface area contributed by atoms with E-state index in [1.807, 2.05) is 26.0 Å². The van der Waals surface area contributed by atoms with E-state index in [0.29, 0.717) is 0 Å². The fourth-order valence-electron chi connectivity index (χ4n) is 3.02. The number of carbonyl (C=O) groups excluding carboxylic acids is 3. The number of methoxy groups -OCH3 is 2. The van der Waals surface area contributed by atoms with Gasteiger partial charge in [0.05, 0.1) is 38.0 Å². The topological polar surface area (TPSA) is 94.8 Å². The Morgan fingerprint density at radius 1 is 0.897 bits per heavy atom. The summed E-state index contributed by atoms with van der Waals surface area (Å²) >= 11 is 0. The van der Waals surface area contributed by atoms with Gasteiger partial charge >= 0.3 is 11.9 Å². The number of esters is 2. The van der Waals surface area contributed by atoms with Gasteiger partial charge in [0.2, 0.25) is 5.91 Å². The molecule has 3 aromatic rings. The van der Waals surface area contributed by atoms with Gasteiger partial charge in [-0.2, -0.15) is 0 Å². The van der Waals surface area contributed by atoms with Crippen LogP contribution in [0.5, 0.6) is 0 Å². The normalized spacial score (nSPS) is 10.6. The number of benzene rings is 2. The van der Waals surface area contributed by atoms with Crippen LogP contribution in [0, 0.1) is 13.8 Å². The molecule has 1 amide bonds. The third-order valence-electron chi connectivity index (χ3n) is 4.68. The number of nitrogens with one attached hydrogen (secondary N) is 1. The van der Waals surface area contributed by atoms with Crippen LogP contribution < -0.4 is 5.32 Å². The van der Waals surface area contributed by atoms with Gasteiger partial charge in [-0.25, -0.2) is 9.59 Å². The molecule has 0 aliphatic heterocycles. The monoisotopic (exact) mass is 395 g/mol. The van der Waals surface area contributed by atoms with Gasteiger partial charge in [-0.05, 0) is 55.3 Å². The van der Waals surface area contributed by atoms with Crippen molar-refractivity contribution in [3.8, 4) is 0 Å². The second-order valence-corrected chi connectivity index (χ2v) is 6.70. The molecule has 0 unspecified atom stereocenters. The standard InChI is InChI=1S/C22H21NO6/c1-12-5-18-16(11-29-19(18)6-13(12)2)10-20(24)23-17-8-14(21(25)27-3)7-15(9-17)22(26)28-4/h5-9,11H,10H2,1-4H3,(H,23,24). The number of furan rings is 1. The molecule has 1 aromatic heterocycles. The lowest BCUT2D eigenvalue weighted by molar-refractivity contribution is -0.115. The highest BCUT2D eigenvalue weighted by Crippen LogP contribution is 2.25. The van der Waals surface area contributed by atoms with Crippen LogP contribution >= 0.6 is 0 Å². The van der Waals surface area contributed by atoms with E-state index in [1.54, 1.807) is 6.26 Å². The summed E-state index contributed by atoms with van der Waals surface area (Å²) in [5.74, 6) is -1.57. The van der Waals surface area contributed by atoms with Gasteiger partial charge in [0.25, 0.3) is 0 Å². The van der Waals surface area contributed by atoms with Crippen molar-refractivity contribution in [1.29, 1.82) is 0 Å². The minimum absolute atomic E-state index is 0.0749. The molecule has 0 spiro atoms. The molecule has 3 rings (SSSR count). The first kappa shape index (κ1) is 20.1. The Morgan fingerprint density at radius 2 is 1.48 bits per heavy atom. The molecule has 1 heterocycles. The van der Waals surface area contributed by atoms with Gasteiger partial charge in [-0.1, -0.05) is 0 Å². The number of hydrogen-bond donors (Lipinski definition) is 1. The van der Waals surface area contributed by atoms with E-state index in [1.165, 1.54) is 32.4 Å². The fourth-order valence-corrected chi connectivity index (χ4v) is 3.02. The number of aryl methyl sites for hydroxylation is 2. The summed E-state index contributed by atoms with van der Waals surface area (Å²) in [4.78, 5) is 36.3. The van der Waals surface area contributed by atoms with Crippen molar-refractivity contribution < 1.29 is 28.3 Å². The molecule has 0 radical (unpaired) electrons. The van der Waals surface area contributed by atoms with E-state index in [9.17, 15) is 14.4 Å². The third-order valence-corrected chi connectivity index (χ3v) is 4.68. The minimum atomic E-state index is -0.627. The van der Waals surface area contributed by atoms with Crippen LogP contribution in [0.2, 0.25) is 0 Å². The molecule has 7 nitrogen and oxygen atoms in total. The molecule has 0 aliphatic rings. The van der Waals surface area contributed by atoms with Gasteiger partial charge in [-0.3, -0.25) is 4.79 Å². The van der Waals surface area contributed by atoms with Crippen molar-refractivity contribution in [2.45, 2.75) is 20.3 Å². The minimum Gasteiger partial charge on any atom is -0.465 e. The molecule has 29 heavy (non-hydrogen) atoms. The van der Waals surface area contributed by atoms with Gasteiger partial charge in [-0.15, -0.1) is 0 Å². The summed E-state index contributed by atoms with van der Waals surface area (Å²) in [6.45, 7) is 4.00. The Bertz CT molecular complexity index is 1080. The Labute approximate surface area is 167 Å². The number of anilines is 1. The van der Waals surface area contributed by atoms with Crippen LogP contribution in [0.4, 0.5) is 5.69 Å². The van der Waals surface area contributed by atoms with Crippen molar-refractivity contribution in [3.63, 3.8) is 0 Å². The molecule has 0 fully saturated rings. The number of amides is 1. The summed E-state index contributed by atoms with van der Waals surface area (Å²) in [7, 11) is 2.47. The van der Waals surface area contributed by atoms with Crippen molar-refractivity contribution in [2.24, 2.45) is 0 Å². The molecule has 0 aliphatic carbocycles. The number of rotatable bonds is 5. The maximum atomic E-state index is 12.6. The maximum Gasteiger partial charge on any atom is 0.337 e. The van der Waals surface area contributed by atoms with Gasteiger partial charge in [0.15, 0.2) is 0 Å². The molecule has 7 heteroatoms. The fraction of sp³-hybridized carbons (Fsp3) is 0.227. The molecule has 0 bridgehead atoms. The Morgan fingerprint density at radius 3 is 2.07 bits per heavy atom. The van der Waals surface area contributed by atoms with Crippen molar-refractivity contribution in [3.05, 3.63) is 64.4 Å². The highest BCUT2D eigenvalue weighted by molar-refractivity contribution is 6.00. The Balaban J connectivity index is 1.86. The Kier molecular flexibility index (Phi) is 5.68. The predicted octanol–water partition coefficient (Wildman–Crippen LogP) is 3.80. The molecule has 2 aromatic carbocycles. The first-order valence-electron chi connectivity index (χ1n) is 8.91. The average molecular weight is 395 g/mol. The van der Waals surface area contributed by atoms with E-state index >= 15 is 0 Å². The average Bonchev–Trinajstić information content (AvgIpc) is 3.07. The molecule has 0 atom stereocenters. The largest absolute Gasteiger partial charge is 0.465 e. The van der Waals surface area contributed by atoms with Crippen molar-refractivity contribution in [1.82, 2.24) is 0 Å². The first-order chi connectivity index (χ1) is 13.8. The predicted molar refractivity (Wildman–Crippen MR) is 107 cm³/mol. The quantitative estimate of drug-likeness (QED) is 0.660. The molecule has 0 saturated heterocycles. The smallest absolute Gasteiger partial charge is 0.337 e. The van der Waals surface area contributed by atoms with E-state index in [0.717, 1.165) is 27.7 Å². The van der Waals surface area contributed by atoms with Crippen LogP contribution in [0.1, 0.15) is 37.4 Å². The lowest BCUT2D eigenvalue weighted by Gasteiger charge is -2.09. The molecule has 0 saturated carbocycles. The van der Waals surface area contributed by atoms with Crippen molar-refractivity contribution >= 4 is 34.5 Å². The third kappa shape index (κ3) is 4.29. The number of hydrogen-bond acceptors (Lipinski definition) is 6. The van der Waals surface area contributed by atoms with E-state index in [2.05, 4.69) is 5.32 Å². The SMILES string of the molecule is COC(=O)c1cc(NC(=O)Cc2coc3cc(C)c(C)cc23)cc(C(=O)OC)c1. The van der Waals surface area contributed by atoms with Crippen LogP contribution in [0.25, 0.3) is 11.0 Å². The first-order valence-corrected chi connectivity index (χ1v) is 8.91. The summed E-state index contributed by atoms with van der Waals surface area (Å²) in [6.07, 6.45) is 1.64. The Hall–Kier alpha value is -3.61. The maximum absolute atomic E-state index is 12.6. The molecule has 150 valence electrons. The zero-order chi connectivity index (χ0) is 21.1. The second kappa shape index (κ2) is 8.18. The lowest BCUT2D eigenvalue weighted by atomic mass is 10.0. The highest BCUT2D eigenvalue weighted by Gasteiger charge is 2.16.